The van der Waals surface area contributed by atoms with Crippen LogP contribution in [-0.2, 0) is 4.79 Å². The number of nitrogens with zero attached hydrogens (tertiary/aromatic N) is 2. The molecule has 2 fully saturated rings. The van der Waals surface area contributed by atoms with Gasteiger partial charge < -0.3 is 9.32 Å². The second kappa shape index (κ2) is 5.76. The summed E-state index contributed by atoms with van der Waals surface area (Å²) in [5.41, 5.74) is -0.476. The fraction of sp³-hybridized carbons (Fsp3) is 0.625. The highest BCUT2D eigenvalue weighted by molar-refractivity contribution is 5.91. The van der Waals surface area contributed by atoms with Crippen molar-refractivity contribution in [1.29, 1.82) is 0 Å². The molecule has 1 radical (unpaired) electrons. The number of furan rings is 1. The minimum Gasteiger partial charge on any atom is -0.459 e. The van der Waals surface area contributed by atoms with Crippen LogP contribution >= 0.6 is 0 Å². The Kier molecular flexibility index (Phi) is 3.95. The molecule has 0 aliphatic carbocycles. The van der Waals surface area contributed by atoms with Gasteiger partial charge in [0, 0.05) is 25.9 Å². The van der Waals surface area contributed by atoms with Crippen LogP contribution in [0.15, 0.2) is 22.8 Å². The minimum atomic E-state index is -0.476. The zero-order valence-corrected chi connectivity index (χ0v) is 13.0. The van der Waals surface area contributed by atoms with Crippen LogP contribution in [0.1, 0.15) is 43.7 Å². The van der Waals surface area contributed by atoms with E-state index in [0.29, 0.717) is 37.6 Å². The van der Waals surface area contributed by atoms with E-state index in [4.69, 9.17) is 4.42 Å². The van der Waals surface area contributed by atoms with Crippen LogP contribution in [0.5, 0.6) is 0 Å². The van der Waals surface area contributed by atoms with Crippen molar-refractivity contribution in [3.63, 3.8) is 0 Å². The van der Waals surface area contributed by atoms with Crippen molar-refractivity contribution >= 4 is 11.8 Å². The molecule has 3 rings (SSSR count). The quantitative estimate of drug-likeness (QED) is 0.915. The average Bonchev–Trinajstić information content (AvgIpc) is 3.08. The number of nitrogens with one attached hydrogen (secondary N) is 1. The van der Waals surface area contributed by atoms with Crippen LogP contribution in [0.25, 0.3) is 0 Å². The Bertz CT molecular complexity index is 545. The summed E-state index contributed by atoms with van der Waals surface area (Å²) in [6, 6.07) is 3.21. The topological polar surface area (TPSA) is 76.7 Å². The minimum absolute atomic E-state index is 0.0421. The molecule has 2 amide bonds. The number of carbonyl (C=O) groups is 2. The standard InChI is InChI=1S/C16H22N3O3/c1-11(2)10-12-14(20)18-16(17-12)5-7-19(8-6-16)15(21)13-4-3-9-22-13/h3-4,9,11-12,17H,5-8,10H2,1-2H3. The molecule has 119 valence electrons. The molecule has 1 aromatic rings. The maximum absolute atomic E-state index is 12.3. The first-order chi connectivity index (χ1) is 10.5. The van der Waals surface area contributed by atoms with Crippen molar-refractivity contribution in [2.45, 2.75) is 44.8 Å². The van der Waals surface area contributed by atoms with Gasteiger partial charge in [0.25, 0.3) is 11.8 Å². The van der Waals surface area contributed by atoms with Crippen molar-refractivity contribution < 1.29 is 14.0 Å². The van der Waals surface area contributed by atoms with Gasteiger partial charge in [-0.1, -0.05) is 13.8 Å². The predicted octanol–water partition coefficient (Wildman–Crippen LogP) is 1.36. The van der Waals surface area contributed by atoms with E-state index >= 15 is 0 Å². The molecule has 3 heterocycles. The SMILES string of the molecule is CC(C)CC1NC2(CCN(C(=O)c3ccco3)CC2)[N]C1=O. The van der Waals surface area contributed by atoms with Gasteiger partial charge in [0.15, 0.2) is 5.76 Å². The molecule has 1 N–H and O–H groups in total. The number of hydrogen-bond donors (Lipinski definition) is 1. The monoisotopic (exact) mass is 304 g/mol. The third-order valence-electron chi connectivity index (χ3n) is 4.38. The van der Waals surface area contributed by atoms with E-state index in [1.165, 1.54) is 6.26 Å². The zero-order chi connectivity index (χ0) is 15.7. The van der Waals surface area contributed by atoms with Gasteiger partial charge in [-0.05, 0) is 24.5 Å². The Morgan fingerprint density at radius 1 is 1.50 bits per heavy atom. The lowest BCUT2D eigenvalue weighted by atomic mass is 9.97. The predicted molar refractivity (Wildman–Crippen MR) is 80.1 cm³/mol. The van der Waals surface area contributed by atoms with Crippen LogP contribution in [0.4, 0.5) is 0 Å². The first-order valence-corrected chi connectivity index (χ1v) is 7.86. The van der Waals surface area contributed by atoms with Gasteiger partial charge in [0.1, 0.15) is 5.66 Å². The maximum atomic E-state index is 12.3. The Hall–Kier alpha value is -1.82. The second-order valence-electron chi connectivity index (χ2n) is 6.58. The summed E-state index contributed by atoms with van der Waals surface area (Å²) in [5, 5.41) is 7.76. The number of rotatable bonds is 3. The van der Waals surface area contributed by atoms with Gasteiger partial charge in [-0.25, -0.2) is 5.32 Å². The molecule has 2 saturated heterocycles. The van der Waals surface area contributed by atoms with E-state index in [0.717, 1.165) is 6.42 Å². The van der Waals surface area contributed by atoms with Gasteiger partial charge in [0.2, 0.25) is 0 Å². The number of hydrogen-bond acceptors (Lipinski definition) is 4. The highest BCUT2D eigenvalue weighted by Crippen LogP contribution is 2.28. The summed E-state index contributed by atoms with van der Waals surface area (Å²) in [7, 11) is 0. The second-order valence-corrected chi connectivity index (χ2v) is 6.58. The Morgan fingerprint density at radius 2 is 2.23 bits per heavy atom. The molecule has 6 nitrogen and oxygen atoms in total. The zero-order valence-electron chi connectivity index (χ0n) is 13.0. The Labute approximate surface area is 130 Å². The average molecular weight is 304 g/mol. The molecule has 0 bridgehead atoms. The van der Waals surface area contributed by atoms with Crippen molar-refractivity contribution in [1.82, 2.24) is 15.5 Å². The van der Waals surface area contributed by atoms with E-state index in [-0.39, 0.29) is 17.9 Å². The first-order valence-electron chi connectivity index (χ1n) is 7.86. The molecule has 6 heteroatoms. The normalized spacial score (nSPS) is 24.0. The Balaban J connectivity index is 1.60. The molecule has 1 unspecified atom stereocenters. The van der Waals surface area contributed by atoms with Crippen molar-refractivity contribution in [3.05, 3.63) is 24.2 Å². The molecule has 22 heavy (non-hydrogen) atoms. The molecule has 0 aromatic carbocycles. The number of piperidine rings is 1. The molecule has 1 aromatic heterocycles. The lowest BCUT2D eigenvalue weighted by molar-refractivity contribution is -0.121. The van der Waals surface area contributed by atoms with Crippen molar-refractivity contribution in [2.75, 3.05) is 13.1 Å². The van der Waals surface area contributed by atoms with E-state index in [1.807, 2.05) is 0 Å². The van der Waals surface area contributed by atoms with Gasteiger partial charge in [0.05, 0.1) is 12.3 Å². The van der Waals surface area contributed by atoms with Crippen molar-refractivity contribution in [3.8, 4) is 0 Å². The highest BCUT2D eigenvalue weighted by atomic mass is 16.3. The third-order valence-corrected chi connectivity index (χ3v) is 4.38. The Morgan fingerprint density at radius 3 is 2.82 bits per heavy atom. The van der Waals surface area contributed by atoms with Crippen LogP contribution in [0, 0.1) is 5.92 Å². The van der Waals surface area contributed by atoms with Crippen LogP contribution in [-0.4, -0.2) is 41.5 Å². The highest BCUT2D eigenvalue weighted by Gasteiger charge is 2.47. The van der Waals surface area contributed by atoms with E-state index < -0.39 is 5.66 Å². The summed E-state index contributed by atoms with van der Waals surface area (Å²) in [6.07, 6.45) is 3.64. The largest absolute Gasteiger partial charge is 0.459 e. The summed E-state index contributed by atoms with van der Waals surface area (Å²) >= 11 is 0. The van der Waals surface area contributed by atoms with Crippen LogP contribution < -0.4 is 10.6 Å². The number of likely N-dealkylation sites (tertiary alicyclic amines) is 1. The van der Waals surface area contributed by atoms with E-state index in [1.54, 1.807) is 17.0 Å². The maximum Gasteiger partial charge on any atom is 0.289 e. The summed E-state index contributed by atoms with van der Waals surface area (Å²) < 4.78 is 5.16. The lowest BCUT2D eigenvalue weighted by Gasteiger charge is -2.38. The lowest BCUT2D eigenvalue weighted by Crippen LogP contribution is -2.56. The van der Waals surface area contributed by atoms with Gasteiger partial charge in [-0.15, -0.1) is 0 Å². The first kappa shape index (κ1) is 15.1. The van der Waals surface area contributed by atoms with Gasteiger partial charge in [-0.3, -0.25) is 14.9 Å². The molecule has 2 aliphatic rings. The van der Waals surface area contributed by atoms with Crippen molar-refractivity contribution in [2.24, 2.45) is 5.92 Å². The fourth-order valence-corrected chi connectivity index (χ4v) is 3.23. The van der Waals surface area contributed by atoms with Crippen LogP contribution in [0.3, 0.4) is 0 Å². The fourth-order valence-electron chi connectivity index (χ4n) is 3.23. The summed E-state index contributed by atoms with van der Waals surface area (Å²) in [4.78, 5) is 26.1. The molecular weight excluding hydrogens is 282 g/mol. The number of amides is 2. The smallest absolute Gasteiger partial charge is 0.289 e. The summed E-state index contributed by atoms with van der Waals surface area (Å²) in [6.45, 7) is 5.37. The molecule has 2 aliphatic heterocycles. The van der Waals surface area contributed by atoms with Gasteiger partial charge >= 0.3 is 0 Å². The molecule has 1 spiro atoms. The summed E-state index contributed by atoms with van der Waals surface area (Å²) in [5.74, 6) is 0.677. The molecule has 1 atom stereocenters. The van der Waals surface area contributed by atoms with Crippen LogP contribution in [0.2, 0.25) is 0 Å². The number of carbonyl (C=O) groups excluding carboxylic acids is 2. The van der Waals surface area contributed by atoms with E-state index in [2.05, 4.69) is 24.5 Å². The molecular formula is C16H22N3O3. The van der Waals surface area contributed by atoms with E-state index in [9.17, 15) is 9.59 Å². The molecule has 0 saturated carbocycles. The third kappa shape index (κ3) is 2.88. The van der Waals surface area contributed by atoms with Gasteiger partial charge in [-0.2, -0.15) is 0 Å².